The van der Waals surface area contributed by atoms with Gasteiger partial charge in [-0.3, -0.25) is 43.9 Å². The highest BCUT2D eigenvalue weighted by molar-refractivity contribution is 6.45. The number of fused-ring (bicyclic) bond motifs is 2. The van der Waals surface area contributed by atoms with Crippen LogP contribution in [-0.2, 0) is 25.6 Å². The van der Waals surface area contributed by atoms with Gasteiger partial charge < -0.3 is 29.6 Å². The number of benzene rings is 2. The molecule has 0 bridgehead atoms. The molecule has 3 saturated heterocycles. The lowest BCUT2D eigenvalue weighted by Gasteiger charge is -2.39. The molecule has 0 radical (unpaired) electrons. The Morgan fingerprint density at radius 2 is 1.65 bits per heavy atom. The summed E-state index contributed by atoms with van der Waals surface area (Å²) in [6, 6.07) is 11.5. The molecular weight excluding hydrogens is 659 g/mol. The number of hydrogen-bond donors (Lipinski definition) is 4. The summed E-state index contributed by atoms with van der Waals surface area (Å²) in [5.74, 6) is -4.43. The van der Waals surface area contributed by atoms with Gasteiger partial charge in [-0.05, 0) is 61.4 Å². The van der Waals surface area contributed by atoms with E-state index >= 15 is 0 Å². The monoisotopic (exact) mass is 698 g/mol. The zero-order chi connectivity index (χ0) is 35.8. The fourth-order valence-electron chi connectivity index (χ4n) is 7.56. The lowest BCUT2D eigenvalue weighted by atomic mass is 9.76. The zero-order valence-corrected chi connectivity index (χ0v) is 28.0. The lowest BCUT2D eigenvalue weighted by Crippen LogP contribution is -2.54. The summed E-state index contributed by atoms with van der Waals surface area (Å²) in [6.45, 7) is 4.68. The number of anilines is 1. The fraction of sp³-hybridized carbons (Fsp3) is 0.429. The third kappa shape index (κ3) is 6.98. The fourth-order valence-corrected chi connectivity index (χ4v) is 7.56. The summed E-state index contributed by atoms with van der Waals surface area (Å²) in [5.41, 5.74) is 2.66. The molecule has 16 heteroatoms. The van der Waals surface area contributed by atoms with Crippen LogP contribution >= 0.6 is 0 Å². The van der Waals surface area contributed by atoms with Crippen LogP contribution in [0, 0.1) is 5.92 Å². The van der Waals surface area contributed by atoms with Gasteiger partial charge in [0.15, 0.2) is 0 Å². The molecule has 3 fully saturated rings. The van der Waals surface area contributed by atoms with E-state index in [9.17, 15) is 38.8 Å². The van der Waals surface area contributed by atoms with Crippen LogP contribution in [0.2, 0.25) is 0 Å². The molecule has 15 nitrogen and oxygen atoms in total. The third-order valence-electron chi connectivity index (χ3n) is 10.5. The molecule has 7 rings (SSSR count). The van der Waals surface area contributed by atoms with Crippen molar-refractivity contribution in [3.8, 4) is 0 Å². The Hall–Kier alpha value is -5.06. The molecule has 2 aromatic carbocycles. The molecular formula is C35H39BN6O9. The minimum Gasteiger partial charge on any atom is -0.464 e. The van der Waals surface area contributed by atoms with Crippen molar-refractivity contribution in [2.45, 2.75) is 44.1 Å². The van der Waals surface area contributed by atoms with E-state index in [-0.39, 0.29) is 30.4 Å². The number of carbonyl (C=O) groups is 6. The van der Waals surface area contributed by atoms with E-state index < -0.39 is 54.5 Å². The predicted molar refractivity (Wildman–Crippen MR) is 183 cm³/mol. The van der Waals surface area contributed by atoms with Crippen LogP contribution in [0.4, 0.5) is 5.69 Å². The van der Waals surface area contributed by atoms with Gasteiger partial charge >= 0.3 is 18.9 Å². The molecule has 0 aliphatic carbocycles. The lowest BCUT2D eigenvalue weighted by molar-refractivity contribution is -0.147. The summed E-state index contributed by atoms with van der Waals surface area (Å²) < 4.78 is 5.52. The second-order valence-electron chi connectivity index (χ2n) is 13.7. The predicted octanol–water partition coefficient (Wildman–Crippen LogP) is -0.0659. The molecule has 2 atom stereocenters. The van der Waals surface area contributed by atoms with Crippen molar-refractivity contribution in [3.05, 3.63) is 65.4 Å². The molecule has 3 aromatic rings. The molecule has 4 aliphatic rings. The number of piperazine rings is 1. The van der Waals surface area contributed by atoms with Crippen molar-refractivity contribution in [2.24, 2.45) is 5.92 Å². The van der Waals surface area contributed by atoms with Crippen molar-refractivity contribution >= 4 is 59.2 Å². The van der Waals surface area contributed by atoms with E-state index in [0.29, 0.717) is 43.2 Å². The van der Waals surface area contributed by atoms with Gasteiger partial charge in [0.2, 0.25) is 11.8 Å². The second-order valence-corrected chi connectivity index (χ2v) is 13.7. The summed E-state index contributed by atoms with van der Waals surface area (Å²) in [6.07, 6.45) is 3.23. The first-order valence-electron chi connectivity index (χ1n) is 17.3. The first-order chi connectivity index (χ1) is 24.6. The van der Waals surface area contributed by atoms with Crippen LogP contribution < -0.4 is 15.5 Å². The topological polar surface area (TPSA) is 193 Å². The molecule has 6 amide bonds. The van der Waals surface area contributed by atoms with Crippen LogP contribution in [0.25, 0.3) is 11.0 Å². The van der Waals surface area contributed by atoms with Crippen molar-refractivity contribution < 1.29 is 43.2 Å². The standard InChI is InChI=1S/C35H39BN6O9/c43-30-8-7-27(31(44)38-30)42-33(46)25-6-5-23(18-26(25)34(42)47)40-15-13-39(14-16-40)19-21-9-11-41(12-10-21)35(48)32(45)37-29(36(49)50)17-22-20-51-28-4-2-1-3-24(22)28/h1-6,18,20-21,27,29,49-50H,7-17,19H2,(H,37,45)(H,38,43,44)/t27?,29-/m0/s1. The Bertz CT molecular complexity index is 1880. The number of piperidine rings is 2. The maximum atomic E-state index is 13.3. The maximum Gasteiger partial charge on any atom is 0.475 e. The Kier molecular flexibility index (Phi) is 9.64. The van der Waals surface area contributed by atoms with Gasteiger partial charge in [0.25, 0.3) is 11.8 Å². The molecule has 0 saturated carbocycles. The van der Waals surface area contributed by atoms with Crippen molar-refractivity contribution in [2.75, 3.05) is 50.7 Å². The number of furan rings is 1. The van der Waals surface area contributed by atoms with Crippen molar-refractivity contribution in [1.82, 2.24) is 25.3 Å². The zero-order valence-electron chi connectivity index (χ0n) is 28.0. The molecule has 4 aliphatic heterocycles. The van der Waals surface area contributed by atoms with Gasteiger partial charge in [-0.25, -0.2) is 0 Å². The highest BCUT2D eigenvalue weighted by Gasteiger charge is 2.45. The van der Waals surface area contributed by atoms with E-state index in [4.69, 9.17) is 4.42 Å². The Morgan fingerprint density at radius 3 is 2.37 bits per heavy atom. The summed E-state index contributed by atoms with van der Waals surface area (Å²) in [4.78, 5) is 83.2. The Morgan fingerprint density at radius 1 is 0.922 bits per heavy atom. The van der Waals surface area contributed by atoms with Crippen LogP contribution in [0.15, 0.2) is 53.1 Å². The van der Waals surface area contributed by atoms with Crippen LogP contribution in [0.5, 0.6) is 0 Å². The minimum absolute atomic E-state index is 0.0668. The number of para-hydroxylation sites is 1. The van der Waals surface area contributed by atoms with Gasteiger partial charge in [0.1, 0.15) is 11.6 Å². The Balaban J connectivity index is 0.870. The highest BCUT2D eigenvalue weighted by atomic mass is 16.4. The van der Waals surface area contributed by atoms with E-state index in [1.165, 1.54) is 11.2 Å². The average molecular weight is 699 g/mol. The number of rotatable bonds is 8. The van der Waals surface area contributed by atoms with Crippen LogP contribution in [-0.4, -0.2) is 125 Å². The molecule has 1 aromatic heterocycles. The van der Waals surface area contributed by atoms with Gasteiger partial charge in [-0.2, -0.15) is 0 Å². The first kappa shape index (κ1) is 34.4. The number of nitrogens with zero attached hydrogens (tertiary/aromatic N) is 4. The number of hydrogen-bond acceptors (Lipinski definition) is 11. The van der Waals surface area contributed by atoms with Crippen LogP contribution in [0.3, 0.4) is 0 Å². The summed E-state index contributed by atoms with van der Waals surface area (Å²) in [7, 11) is -1.87. The number of imide groups is 2. The highest BCUT2D eigenvalue weighted by Crippen LogP contribution is 2.31. The quantitative estimate of drug-likeness (QED) is 0.140. The molecule has 266 valence electrons. The maximum absolute atomic E-state index is 13.3. The van der Waals surface area contributed by atoms with Crippen molar-refractivity contribution in [1.29, 1.82) is 0 Å². The first-order valence-corrected chi connectivity index (χ1v) is 17.3. The third-order valence-corrected chi connectivity index (χ3v) is 10.5. The number of amides is 6. The second kappa shape index (κ2) is 14.3. The van der Waals surface area contributed by atoms with Gasteiger partial charge in [-0.1, -0.05) is 18.2 Å². The molecule has 1 unspecified atom stereocenters. The van der Waals surface area contributed by atoms with E-state index in [0.717, 1.165) is 48.4 Å². The summed E-state index contributed by atoms with van der Waals surface area (Å²) >= 11 is 0. The largest absolute Gasteiger partial charge is 0.475 e. The molecule has 4 N–H and O–H groups in total. The van der Waals surface area contributed by atoms with Gasteiger partial charge in [0.05, 0.1) is 23.3 Å². The van der Waals surface area contributed by atoms with Crippen LogP contribution in [0.1, 0.15) is 52.0 Å². The minimum atomic E-state index is -1.87. The molecule has 5 heterocycles. The number of nitrogens with one attached hydrogen (secondary N) is 2. The summed E-state index contributed by atoms with van der Waals surface area (Å²) in [5, 5.41) is 25.4. The Labute approximate surface area is 293 Å². The smallest absolute Gasteiger partial charge is 0.464 e. The van der Waals surface area contributed by atoms with E-state index in [2.05, 4.69) is 20.4 Å². The van der Waals surface area contributed by atoms with E-state index in [1.54, 1.807) is 18.2 Å². The number of likely N-dealkylation sites (tertiary alicyclic amines) is 1. The number of carbonyl (C=O) groups excluding carboxylic acids is 6. The normalized spacial score (nSPS) is 20.8. The molecule has 51 heavy (non-hydrogen) atoms. The van der Waals surface area contributed by atoms with Crippen molar-refractivity contribution in [3.63, 3.8) is 0 Å². The SMILES string of the molecule is O=C1CCC(N2C(=O)c3ccc(N4CCN(CC5CCN(C(=O)C(=O)N[C@@H](Cc6coc7ccccc67)B(O)O)CC5)CC4)cc3C2=O)C(=O)N1. The van der Waals surface area contributed by atoms with Gasteiger partial charge in [-0.15, -0.1) is 0 Å². The van der Waals surface area contributed by atoms with Gasteiger partial charge in [0, 0.05) is 63.3 Å². The molecule has 0 spiro atoms. The average Bonchev–Trinajstić information content (AvgIpc) is 3.65. The van der Waals surface area contributed by atoms with E-state index in [1.807, 2.05) is 24.3 Å².